The van der Waals surface area contributed by atoms with Crippen molar-refractivity contribution in [2.75, 3.05) is 0 Å². The Morgan fingerprint density at radius 3 is 2.74 bits per heavy atom. The fraction of sp³-hybridized carbons (Fsp3) is 0.308. The number of carbonyl (C=O) groups is 1. The minimum Gasteiger partial charge on any atom is -0.480 e. The van der Waals surface area contributed by atoms with Crippen molar-refractivity contribution in [3.8, 4) is 0 Å². The van der Waals surface area contributed by atoms with Crippen LogP contribution in [0.15, 0.2) is 34.9 Å². The van der Waals surface area contributed by atoms with Gasteiger partial charge in [0.15, 0.2) is 5.82 Å². The Hall–Kier alpha value is -2.21. The van der Waals surface area contributed by atoms with Crippen molar-refractivity contribution in [3.63, 3.8) is 0 Å². The van der Waals surface area contributed by atoms with Gasteiger partial charge in [-0.3, -0.25) is 10.1 Å². The van der Waals surface area contributed by atoms with Gasteiger partial charge in [-0.05, 0) is 5.56 Å². The Bertz CT molecular complexity index is 539. The molecule has 1 heterocycles. The number of benzene rings is 1. The second-order valence-electron chi connectivity index (χ2n) is 4.02. The van der Waals surface area contributed by atoms with Gasteiger partial charge in [0.05, 0.1) is 6.54 Å². The van der Waals surface area contributed by atoms with Crippen LogP contribution in [-0.4, -0.2) is 21.2 Å². The van der Waals surface area contributed by atoms with E-state index < -0.39 is 12.0 Å². The van der Waals surface area contributed by atoms with E-state index >= 15 is 0 Å². The third kappa shape index (κ3) is 3.38. The van der Waals surface area contributed by atoms with Crippen LogP contribution in [0.5, 0.6) is 0 Å². The van der Waals surface area contributed by atoms with Gasteiger partial charge >= 0.3 is 5.97 Å². The van der Waals surface area contributed by atoms with E-state index in [1.165, 1.54) is 0 Å². The summed E-state index contributed by atoms with van der Waals surface area (Å²) in [5.74, 6) is 0.0628. The first-order chi connectivity index (χ1) is 9.20. The predicted octanol–water partition coefficient (Wildman–Crippen LogP) is 1.55. The first-order valence-corrected chi connectivity index (χ1v) is 6.03. The van der Waals surface area contributed by atoms with E-state index in [4.69, 9.17) is 4.52 Å². The number of aryl methyl sites for hydroxylation is 1. The molecule has 0 aliphatic carbocycles. The summed E-state index contributed by atoms with van der Waals surface area (Å²) in [4.78, 5) is 15.4. The van der Waals surface area contributed by atoms with E-state index in [-0.39, 0.29) is 6.54 Å². The SMILES string of the molecule is CCc1nc(CNC(C(=O)O)c2ccccc2)no1. The van der Waals surface area contributed by atoms with Gasteiger partial charge in [0.1, 0.15) is 6.04 Å². The highest BCUT2D eigenvalue weighted by Crippen LogP contribution is 2.13. The number of aromatic nitrogens is 2. The molecule has 0 radical (unpaired) electrons. The molecule has 0 saturated heterocycles. The first kappa shape index (κ1) is 13.2. The standard InChI is InChI=1S/C13H15N3O3/c1-2-11-15-10(16-19-11)8-14-12(13(17)18)9-6-4-3-5-7-9/h3-7,12,14H,2,8H2,1H3,(H,17,18). The van der Waals surface area contributed by atoms with Crippen LogP contribution < -0.4 is 5.32 Å². The number of carboxylic acids is 1. The molecule has 0 saturated carbocycles. The highest BCUT2D eigenvalue weighted by molar-refractivity contribution is 5.75. The topological polar surface area (TPSA) is 88.2 Å². The molecule has 100 valence electrons. The summed E-state index contributed by atoms with van der Waals surface area (Å²) < 4.78 is 4.96. The molecule has 1 atom stereocenters. The summed E-state index contributed by atoms with van der Waals surface area (Å²) in [6.45, 7) is 2.16. The molecule has 1 aromatic carbocycles. The summed E-state index contributed by atoms with van der Waals surface area (Å²) >= 11 is 0. The van der Waals surface area contributed by atoms with Gasteiger partial charge in [0, 0.05) is 6.42 Å². The number of rotatable bonds is 6. The normalized spacial score (nSPS) is 12.3. The second-order valence-corrected chi connectivity index (χ2v) is 4.02. The zero-order valence-electron chi connectivity index (χ0n) is 10.5. The molecular weight excluding hydrogens is 246 g/mol. The third-order valence-corrected chi connectivity index (χ3v) is 2.66. The lowest BCUT2D eigenvalue weighted by Crippen LogP contribution is -2.28. The lowest BCUT2D eigenvalue weighted by atomic mass is 10.1. The molecule has 0 fully saturated rings. The van der Waals surface area contributed by atoms with Crippen LogP contribution in [0.4, 0.5) is 0 Å². The van der Waals surface area contributed by atoms with Crippen molar-refractivity contribution in [2.45, 2.75) is 25.9 Å². The molecule has 2 N–H and O–H groups in total. The van der Waals surface area contributed by atoms with E-state index in [1.54, 1.807) is 24.3 Å². The Kier molecular flexibility index (Phi) is 4.25. The Morgan fingerprint density at radius 1 is 1.42 bits per heavy atom. The number of nitrogens with zero attached hydrogens (tertiary/aromatic N) is 2. The van der Waals surface area contributed by atoms with E-state index in [1.807, 2.05) is 13.0 Å². The van der Waals surface area contributed by atoms with Gasteiger partial charge in [-0.25, -0.2) is 0 Å². The average molecular weight is 261 g/mol. The molecule has 1 unspecified atom stereocenters. The predicted molar refractivity (Wildman–Crippen MR) is 67.3 cm³/mol. The van der Waals surface area contributed by atoms with Crippen LogP contribution in [0.25, 0.3) is 0 Å². The Labute approximate surface area is 110 Å². The van der Waals surface area contributed by atoms with Crippen molar-refractivity contribution in [1.82, 2.24) is 15.5 Å². The molecule has 2 aromatic rings. The van der Waals surface area contributed by atoms with Crippen molar-refractivity contribution < 1.29 is 14.4 Å². The van der Waals surface area contributed by atoms with Crippen molar-refractivity contribution in [2.24, 2.45) is 0 Å². The van der Waals surface area contributed by atoms with Crippen LogP contribution in [0.3, 0.4) is 0 Å². The van der Waals surface area contributed by atoms with E-state index in [2.05, 4.69) is 15.5 Å². The van der Waals surface area contributed by atoms with Gasteiger partial charge < -0.3 is 9.63 Å². The fourth-order valence-electron chi connectivity index (χ4n) is 1.69. The number of hydrogen-bond acceptors (Lipinski definition) is 5. The summed E-state index contributed by atoms with van der Waals surface area (Å²) in [5.41, 5.74) is 0.689. The lowest BCUT2D eigenvalue weighted by molar-refractivity contribution is -0.139. The molecule has 0 bridgehead atoms. The van der Waals surface area contributed by atoms with Crippen LogP contribution in [0.2, 0.25) is 0 Å². The summed E-state index contributed by atoms with van der Waals surface area (Å²) in [7, 11) is 0. The van der Waals surface area contributed by atoms with E-state index in [0.29, 0.717) is 23.7 Å². The molecule has 6 heteroatoms. The van der Waals surface area contributed by atoms with Crippen molar-refractivity contribution >= 4 is 5.97 Å². The largest absolute Gasteiger partial charge is 0.480 e. The summed E-state index contributed by atoms with van der Waals surface area (Å²) in [6.07, 6.45) is 0.661. The first-order valence-electron chi connectivity index (χ1n) is 6.03. The summed E-state index contributed by atoms with van der Waals surface area (Å²) in [5, 5.41) is 15.9. The molecule has 19 heavy (non-hydrogen) atoms. The zero-order chi connectivity index (χ0) is 13.7. The Balaban J connectivity index is 2.04. The van der Waals surface area contributed by atoms with Crippen LogP contribution in [0, 0.1) is 0 Å². The molecule has 6 nitrogen and oxygen atoms in total. The van der Waals surface area contributed by atoms with Crippen molar-refractivity contribution in [1.29, 1.82) is 0 Å². The number of aliphatic carboxylic acids is 1. The van der Waals surface area contributed by atoms with E-state index in [0.717, 1.165) is 0 Å². The van der Waals surface area contributed by atoms with Crippen molar-refractivity contribution in [3.05, 3.63) is 47.6 Å². The van der Waals surface area contributed by atoms with Gasteiger partial charge in [-0.2, -0.15) is 4.98 Å². The molecule has 0 spiro atoms. The maximum atomic E-state index is 11.3. The monoisotopic (exact) mass is 261 g/mol. The Morgan fingerprint density at radius 2 is 2.16 bits per heavy atom. The highest BCUT2D eigenvalue weighted by atomic mass is 16.5. The lowest BCUT2D eigenvalue weighted by Gasteiger charge is -2.13. The molecule has 2 rings (SSSR count). The smallest absolute Gasteiger partial charge is 0.325 e. The van der Waals surface area contributed by atoms with Gasteiger partial charge in [-0.1, -0.05) is 42.4 Å². The molecule has 1 aromatic heterocycles. The molecule has 0 aliphatic heterocycles. The quantitative estimate of drug-likeness (QED) is 0.820. The molecular formula is C13H15N3O3. The van der Waals surface area contributed by atoms with Crippen LogP contribution in [-0.2, 0) is 17.8 Å². The number of nitrogens with one attached hydrogen (secondary N) is 1. The maximum Gasteiger partial charge on any atom is 0.325 e. The average Bonchev–Trinajstić information content (AvgIpc) is 2.88. The second kappa shape index (κ2) is 6.10. The number of carboxylic acid groups (broad SMARTS) is 1. The minimum atomic E-state index is -0.939. The third-order valence-electron chi connectivity index (χ3n) is 2.66. The highest BCUT2D eigenvalue weighted by Gasteiger charge is 2.19. The minimum absolute atomic E-state index is 0.245. The van der Waals surface area contributed by atoms with Crippen LogP contribution in [0.1, 0.15) is 30.2 Å². The fourth-order valence-corrected chi connectivity index (χ4v) is 1.69. The molecule has 0 amide bonds. The van der Waals surface area contributed by atoms with Gasteiger partial charge in [-0.15, -0.1) is 0 Å². The maximum absolute atomic E-state index is 11.3. The van der Waals surface area contributed by atoms with E-state index in [9.17, 15) is 9.90 Å². The zero-order valence-corrected chi connectivity index (χ0v) is 10.5. The summed E-state index contributed by atoms with van der Waals surface area (Å²) in [6, 6.07) is 8.19. The van der Waals surface area contributed by atoms with Gasteiger partial charge in [0.2, 0.25) is 5.89 Å². The van der Waals surface area contributed by atoms with Crippen LogP contribution >= 0.6 is 0 Å². The number of hydrogen-bond donors (Lipinski definition) is 2. The molecule has 0 aliphatic rings. The van der Waals surface area contributed by atoms with Gasteiger partial charge in [0.25, 0.3) is 0 Å².